The molecule has 1 aliphatic rings. The maximum Gasteiger partial charge on any atom is 0.411 e. The van der Waals surface area contributed by atoms with E-state index < -0.39 is 36.3 Å². The van der Waals surface area contributed by atoms with Gasteiger partial charge in [-0.25, -0.2) is 14.2 Å². The van der Waals surface area contributed by atoms with Gasteiger partial charge in [0, 0.05) is 17.8 Å². The number of ether oxygens (including phenoxy) is 2. The summed E-state index contributed by atoms with van der Waals surface area (Å²) in [6.07, 6.45) is -0.649. The van der Waals surface area contributed by atoms with Crippen molar-refractivity contribution in [1.82, 2.24) is 9.88 Å². The van der Waals surface area contributed by atoms with Crippen LogP contribution >= 0.6 is 11.6 Å². The quantitative estimate of drug-likeness (QED) is 0.531. The molecule has 1 aliphatic heterocycles. The molecule has 2 heterocycles. The zero-order valence-corrected chi connectivity index (χ0v) is 19.5. The highest BCUT2D eigenvalue weighted by molar-refractivity contribution is 6.30. The molecule has 1 amide bonds. The van der Waals surface area contributed by atoms with Crippen LogP contribution in [0.15, 0.2) is 35.5 Å². The van der Waals surface area contributed by atoms with Crippen LogP contribution in [0, 0.1) is 5.82 Å². The Labute approximate surface area is 200 Å². The number of nitrogens with zero attached hydrogens (tertiary/aromatic N) is 3. The first-order chi connectivity index (χ1) is 15.9. The number of benzene rings is 1. The zero-order valence-electron chi connectivity index (χ0n) is 18.7. The van der Waals surface area contributed by atoms with Crippen molar-refractivity contribution in [2.45, 2.75) is 39.1 Å². The third kappa shape index (κ3) is 6.55. The number of amides is 1. The van der Waals surface area contributed by atoms with Gasteiger partial charge in [-0.2, -0.15) is 0 Å². The van der Waals surface area contributed by atoms with Crippen molar-refractivity contribution in [2.75, 3.05) is 18.5 Å². The predicted molar refractivity (Wildman–Crippen MR) is 121 cm³/mol. The molecule has 0 saturated carbocycles. The molecule has 0 fully saturated rings. The average Bonchev–Trinajstić information content (AvgIpc) is 2.73. The molecule has 0 spiro atoms. The number of aromatic nitrogens is 1. The highest BCUT2D eigenvalue weighted by atomic mass is 35.5. The molecule has 0 aliphatic carbocycles. The molecule has 34 heavy (non-hydrogen) atoms. The summed E-state index contributed by atoms with van der Waals surface area (Å²) in [6, 6.07) is 5.41. The summed E-state index contributed by atoms with van der Waals surface area (Å²) in [6.45, 7) is 4.08. The number of carboxylic acids is 1. The lowest BCUT2D eigenvalue weighted by Crippen LogP contribution is -2.40. The lowest BCUT2D eigenvalue weighted by atomic mass is 10.1. The lowest BCUT2D eigenvalue weighted by Gasteiger charge is -2.28. The summed E-state index contributed by atoms with van der Waals surface area (Å²) >= 11 is 5.76. The number of rotatable bonds is 7. The zero-order chi connectivity index (χ0) is 25.0. The van der Waals surface area contributed by atoms with Gasteiger partial charge in [0.25, 0.3) is 0 Å². The monoisotopic (exact) mass is 494 g/mol. The first kappa shape index (κ1) is 25.2. The van der Waals surface area contributed by atoms with E-state index >= 15 is 0 Å². The lowest BCUT2D eigenvalue weighted by molar-refractivity contribution is -0.138. The Balaban J connectivity index is 1.80. The van der Waals surface area contributed by atoms with Crippen LogP contribution in [0.1, 0.15) is 38.3 Å². The Hall–Kier alpha value is -3.44. The number of carbonyl (C=O) groups is 2. The van der Waals surface area contributed by atoms with Crippen LogP contribution in [0.3, 0.4) is 0 Å². The molecule has 3 rings (SSSR count). The van der Waals surface area contributed by atoms with E-state index in [4.69, 9.17) is 21.1 Å². The molecule has 1 aromatic heterocycles. The Morgan fingerprint density at radius 1 is 1.29 bits per heavy atom. The van der Waals surface area contributed by atoms with Crippen LogP contribution in [-0.2, 0) is 16.1 Å². The number of aliphatic hydroxyl groups is 1. The predicted octanol–water partition coefficient (Wildman–Crippen LogP) is 3.59. The molecule has 10 nitrogen and oxygen atoms in total. The highest BCUT2D eigenvalue weighted by Crippen LogP contribution is 2.31. The van der Waals surface area contributed by atoms with E-state index in [1.165, 1.54) is 18.3 Å². The van der Waals surface area contributed by atoms with Crippen molar-refractivity contribution in [3.63, 3.8) is 0 Å². The summed E-state index contributed by atoms with van der Waals surface area (Å²) in [4.78, 5) is 33.3. The third-order valence-electron chi connectivity index (χ3n) is 4.47. The number of amidine groups is 1. The molecule has 182 valence electrons. The molecule has 12 heteroatoms. The van der Waals surface area contributed by atoms with Gasteiger partial charge in [0.2, 0.25) is 0 Å². The van der Waals surface area contributed by atoms with Crippen molar-refractivity contribution >= 4 is 35.2 Å². The fourth-order valence-corrected chi connectivity index (χ4v) is 3.21. The molecule has 3 N–H and O–H groups in total. The maximum atomic E-state index is 13.3. The summed E-state index contributed by atoms with van der Waals surface area (Å²) in [5.74, 6) is -1.28. The van der Waals surface area contributed by atoms with E-state index in [0.29, 0.717) is 22.7 Å². The number of anilines is 1. The Morgan fingerprint density at radius 2 is 2.03 bits per heavy atom. The van der Waals surface area contributed by atoms with Crippen LogP contribution < -0.4 is 10.1 Å². The number of aliphatic imine (C=N–C) groups is 1. The first-order valence-electron chi connectivity index (χ1n) is 10.2. The van der Waals surface area contributed by atoms with E-state index in [0.717, 1.165) is 11.0 Å². The molecule has 0 radical (unpaired) electrons. The van der Waals surface area contributed by atoms with Gasteiger partial charge in [0.15, 0.2) is 6.23 Å². The van der Waals surface area contributed by atoms with Crippen LogP contribution in [0.4, 0.5) is 14.9 Å². The molecule has 1 unspecified atom stereocenters. The molecule has 0 bridgehead atoms. The van der Waals surface area contributed by atoms with Gasteiger partial charge < -0.3 is 25.0 Å². The first-order valence-corrected chi connectivity index (χ1v) is 10.6. The van der Waals surface area contributed by atoms with Gasteiger partial charge in [-0.05, 0) is 39.0 Å². The number of hydrogen-bond donors (Lipinski definition) is 3. The second kappa shape index (κ2) is 10.2. The number of hydrogen-bond acceptors (Lipinski definition) is 8. The fraction of sp³-hybridized carbons (Fsp3) is 0.364. The number of halogens is 2. The van der Waals surface area contributed by atoms with Crippen LogP contribution in [0.2, 0.25) is 5.02 Å². The molecular formula is C22H24ClFN4O6. The van der Waals surface area contributed by atoms with Crippen molar-refractivity contribution in [1.29, 1.82) is 0 Å². The summed E-state index contributed by atoms with van der Waals surface area (Å²) in [5, 5.41) is 22.7. The van der Waals surface area contributed by atoms with Crippen LogP contribution in [0.5, 0.6) is 5.75 Å². The van der Waals surface area contributed by atoms with Crippen molar-refractivity contribution in [2.24, 2.45) is 4.99 Å². The van der Waals surface area contributed by atoms with Crippen molar-refractivity contribution < 1.29 is 33.7 Å². The smallest absolute Gasteiger partial charge is 0.411 e. The Bertz CT molecular complexity index is 1120. The molecule has 0 saturated heterocycles. The van der Waals surface area contributed by atoms with Gasteiger partial charge in [0.05, 0.1) is 22.9 Å². The van der Waals surface area contributed by atoms with Crippen molar-refractivity contribution in [3.8, 4) is 5.75 Å². The summed E-state index contributed by atoms with van der Waals surface area (Å²) < 4.78 is 24.2. The normalized spacial score (nSPS) is 15.0. The largest absolute Gasteiger partial charge is 0.486 e. The summed E-state index contributed by atoms with van der Waals surface area (Å²) in [5.41, 5.74) is 0.213. The number of aliphatic hydroxyl groups excluding tert-OH is 1. The second-order valence-corrected chi connectivity index (χ2v) is 8.80. The van der Waals surface area contributed by atoms with E-state index in [-0.39, 0.29) is 24.0 Å². The standard InChI is InChI=1S/C22H24ClFN4O6/c1-22(2,3)34-21(32)28(10-18(29)30)9-16-19-13(6-7-25-16)20(31)27-17(26-19)11-33-12-4-5-15(24)14(23)8-12/h4-8,20,31H,9-11H2,1-3H3,(H,26,27)(H,29,30). The molecule has 2 aromatic rings. The number of fused-ring (bicyclic) bond motifs is 1. The van der Waals surface area contributed by atoms with Gasteiger partial charge in [-0.1, -0.05) is 11.6 Å². The maximum absolute atomic E-state index is 13.3. The molecule has 1 aromatic carbocycles. The van der Waals surface area contributed by atoms with E-state index in [2.05, 4.69) is 15.3 Å². The van der Waals surface area contributed by atoms with Gasteiger partial charge in [0.1, 0.15) is 36.2 Å². The minimum atomic E-state index is -1.25. The minimum absolute atomic E-state index is 0.103. The number of carbonyl (C=O) groups excluding carboxylic acids is 1. The minimum Gasteiger partial charge on any atom is -0.486 e. The number of nitrogens with one attached hydrogen (secondary N) is 1. The van der Waals surface area contributed by atoms with Gasteiger partial charge in [-0.15, -0.1) is 0 Å². The van der Waals surface area contributed by atoms with E-state index in [9.17, 15) is 24.2 Å². The van der Waals surface area contributed by atoms with Crippen LogP contribution in [0.25, 0.3) is 0 Å². The number of carboxylic acid groups (broad SMARTS) is 1. The second-order valence-electron chi connectivity index (χ2n) is 8.39. The van der Waals surface area contributed by atoms with Gasteiger partial charge >= 0.3 is 12.1 Å². The summed E-state index contributed by atoms with van der Waals surface area (Å²) in [7, 11) is 0. The fourth-order valence-electron chi connectivity index (χ4n) is 3.04. The molecular weight excluding hydrogens is 471 g/mol. The average molecular weight is 495 g/mol. The number of pyridine rings is 1. The SMILES string of the molecule is CC(C)(C)OC(=O)N(CC(=O)O)Cc1nccc2c1NC(COc1ccc(F)c(Cl)c1)=NC2O. The topological polar surface area (TPSA) is 134 Å². The van der Waals surface area contributed by atoms with Crippen molar-refractivity contribution in [3.05, 3.63) is 52.6 Å². The Morgan fingerprint density at radius 3 is 2.68 bits per heavy atom. The van der Waals surface area contributed by atoms with E-state index in [1.54, 1.807) is 26.8 Å². The molecule has 1 atom stereocenters. The van der Waals surface area contributed by atoms with Gasteiger partial charge in [-0.3, -0.25) is 14.7 Å². The highest BCUT2D eigenvalue weighted by Gasteiger charge is 2.28. The van der Waals surface area contributed by atoms with E-state index in [1.807, 2.05) is 0 Å². The number of aliphatic carboxylic acids is 1. The third-order valence-corrected chi connectivity index (χ3v) is 4.76. The van der Waals surface area contributed by atoms with Crippen LogP contribution in [-0.4, -0.2) is 56.7 Å². The Kier molecular flexibility index (Phi) is 7.57.